The lowest BCUT2D eigenvalue weighted by molar-refractivity contribution is 0.0780. The number of amides is 1. The van der Waals surface area contributed by atoms with Gasteiger partial charge in [-0.15, -0.1) is 0 Å². The van der Waals surface area contributed by atoms with Gasteiger partial charge in [0.25, 0.3) is 5.91 Å². The Balaban J connectivity index is 1.74. The molecule has 0 saturated carbocycles. The van der Waals surface area contributed by atoms with E-state index in [1.54, 1.807) is 48.3 Å². The molecule has 0 aliphatic rings. The molecule has 3 aromatic carbocycles. The number of para-hydroxylation sites is 1. The second kappa shape index (κ2) is 9.07. The van der Waals surface area contributed by atoms with Crippen molar-refractivity contribution in [2.75, 3.05) is 7.05 Å². The minimum atomic E-state index is -0.155. The highest BCUT2D eigenvalue weighted by molar-refractivity contribution is 6.31. The van der Waals surface area contributed by atoms with Gasteiger partial charge in [0.05, 0.1) is 17.2 Å². The molecule has 28 heavy (non-hydrogen) atoms. The fourth-order valence-electron chi connectivity index (χ4n) is 2.83. The molecular formula is C23H19ClN2O2. The third-order valence-electron chi connectivity index (χ3n) is 4.28. The minimum absolute atomic E-state index is 0.155. The molecule has 3 aromatic rings. The van der Waals surface area contributed by atoms with E-state index in [1.165, 1.54) is 0 Å². The summed E-state index contributed by atoms with van der Waals surface area (Å²) in [6.45, 7) is 0.672. The van der Waals surface area contributed by atoms with Crippen LogP contribution in [0.1, 0.15) is 27.0 Å². The standard InChI is InChI=1S/C23H19ClN2O2/c1-26(15-18-8-6-7-17(13-18)14-25)23(27)20-10-3-5-12-22(20)28-16-19-9-2-4-11-21(19)24/h2-13H,15-16H2,1H3. The number of benzene rings is 3. The van der Waals surface area contributed by atoms with Gasteiger partial charge in [-0.2, -0.15) is 5.26 Å². The van der Waals surface area contributed by atoms with Crippen LogP contribution in [0.25, 0.3) is 0 Å². The van der Waals surface area contributed by atoms with Crippen LogP contribution in [0.5, 0.6) is 5.75 Å². The van der Waals surface area contributed by atoms with E-state index in [0.717, 1.165) is 11.1 Å². The zero-order valence-corrected chi connectivity index (χ0v) is 16.2. The monoisotopic (exact) mass is 390 g/mol. The van der Waals surface area contributed by atoms with Crippen molar-refractivity contribution < 1.29 is 9.53 Å². The minimum Gasteiger partial charge on any atom is -0.488 e. The Bertz CT molecular complexity index is 1030. The van der Waals surface area contributed by atoms with Gasteiger partial charge in [-0.05, 0) is 35.9 Å². The van der Waals surface area contributed by atoms with Crippen molar-refractivity contribution >= 4 is 17.5 Å². The van der Waals surface area contributed by atoms with Crippen molar-refractivity contribution in [3.8, 4) is 11.8 Å². The van der Waals surface area contributed by atoms with Crippen LogP contribution in [-0.4, -0.2) is 17.9 Å². The molecule has 0 spiro atoms. The summed E-state index contributed by atoms with van der Waals surface area (Å²) in [6, 6.07) is 23.9. The molecule has 0 aliphatic heterocycles. The number of nitrogens with zero attached hydrogens (tertiary/aromatic N) is 2. The van der Waals surface area contributed by atoms with Gasteiger partial charge in [-0.1, -0.05) is 54.1 Å². The lowest BCUT2D eigenvalue weighted by Crippen LogP contribution is -2.26. The first-order chi connectivity index (χ1) is 13.6. The molecular weight excluding hydrogens is 372 g/mol. The molecule has 0 saturated heterocycles. The van der Waals surface area contributed by atoms with Crippen molar-refractivity contribution in [2.45, 2.75) is 13.2 Å². The summed E-state index contributed by atoms with van der Waals surface area (Å²) < 4.78 is 5.89. The van der Waals surface area contributed by atoms with Gasteiger partial charge in [0.1, 0.15) is 12.4 Å². The van der Waals surface area contributed by atoms with Gasteiger partial charge in [0.15, 0.2) is 0 Å². The summed E-state index contributed by atoms with van der Waals surface area (Å²) in [7, 11) is 1.73. The van der Waals surface area contributed by atoms with Crippen LogP contribution in [-0.2, 0) is 13.2 Å². The van der Waals surface area contributed by atoms with Crippen molar-refractivity contribution in [1.29, 1.82) is 5.26 Å². The fourth-order valence-corrected chi connectivity index (χ4v) is 3.02. The van der Waals surface area contributed by atoms with E-state index >= 15 is 0 Å². The second-order valence-electron chi connectivity index (χ2n) is 6.35. The summed E-state index contributed by atoms with van der Waals surface area (Å²) in [4.78, 5) is 14.6. The van der Waals surface area contributed by atoms with E-state index in [0.29, 0.717) is 28.4 Å². The normalized spacial score (nSPS) is 10.2. The predicted octanol–water partition coefficient (Wildman–Crippen LogP) is 5.06. The van der Waals surface area contributed by atoms with Crippen LogP contribution in [0.3, 0.4) is 0 Å². The van der Waals surface area contributed by atoms with Gasteiger partial charge in [-0.3, -0.25) is 4.79 Å². The molecule has 0 atom stereocenters. The number of hydrogen-bond acceptors (Lipinski definition) is 3. The third kappa shape index (κ3) is 4.70. The molecule has 0 radical (unpaired) electrons. The third-order valence-corrected chi connectivity index (χ3v) is 4.65. The van der Waals surface area contributed by atoms with Crippen LogP contribution in [0.15, 0.2) is 72.8 Å². The van der Waals surface area contributed by atoms with E-state index in [1.807, 2.05) is 36.4 Å². The Kier molecular flexibility index (Phi) is 6.31. The molecule has 0 aromatic heterocycles. The number of ether oxygens (including phenoxy) is 1. The Morgan fingerprint density at radius 2 is 1.82 bits per heavy atom. The highest BCUT2D eigenvalue weighted by Gasteiger charge is 2.17. The number of carbonyl (C=O) groups excluding carboxylic acids is 1. The first-order valence-corrected chi connectivity index (χ1v) is 9.16. The van der Waals surface area contributed by atoms with Gasteiger partial charge in [0, 0.05) is 24.2 Å². The predicted molar refractivity (Wildman–Crippen MR) is 109 cm³/mol. The number of rotatable bonds is 6. The van der Waals surface area contributed by atoms with Crippen molar-refractivity contribution in [2.24, 2.45) is 0 Å². The Labute approximate surface area is 169 Å². The van der Waals surface area contributed by atoms with E-state index in [2.05, 4.69) is 6.07 Å². The van der Waals surface area contributed by atoms with Gasteiger partial charge >= 0.3 is 0 Å². The quantitative estimate of drug-likeness (QED) is 0.591. The molecule has 0 aliphatic carbocycles. The summed E-state index contributed by atoms with van der Waals surface area (Å²) in [6.07, 6.45) is 0. The molecule has 0 N–H and O–H groups in total. The number of hydrogen-bond donors (Lipinski definition) is 0. The average Bonchev–Trinajstić information content (AvgIpc) is 2.73. The molecule has 0 fully saturated rings. The number of halogens is 1. The first kappa shape index (κ1) is 19.5. The first-order valence-electron chi connectivity index (χ1n) is 8.78. The van der Waals surface area contributed by atoms with Crippen LogP contribution in [0.2, 0.25) is 5.02 Å². The summed E-state index contributed by atoms with van der Waals surface area (Å²) >= 11 is 6.18. The second-order valence-corrected chi connectivity index (χ2v) is 6.76. The van der Waals surface area contributed by atoms with Gasteiger partial charge in [0.2, 0.25) is 0 Å². The van der Waals surface area contributed by atoms with E-state index in [-0.39, 0.29) is 12.5 Å². The molecule has 5 heteroatoms. The highest BCUT2D eigenvalue weighted by atomic mass is 35.5. The van der Waals surface area contributed by atoms with Crippen LogP contribution >= 0.6 is 11.6 Å². The Morgan fingerprint density at radius 1 is 1.07 bits per heavy atom. The van der Waals surface area contributed by atoms with Gasteiger partial charge < -0.3 is 9.64 Å². The maximum absolute atomic E-state index is 13.0. The van der Waals surface area contributed by atoms with Crippen LogP contribution in [0.4, 0.5) is 0 Å². The molecule has 0 unspecified atom stereocenters. The molecule has 0 bridgehead atoms. The molecule has 3 rings (SSSR count). The van der Waals surface area contributed by atoms with Crippen molar-refractivity contribution in [3.63, 3.8) is 0 Å². The van der Waals surface area contributed by atoms with E-state index < -0.39 is 0 Å². The van der Waals surface area contributed by atoms with Gasteiger partial charge in [-0.25, -0.2) is 0 Å². The summed E-state index contributed by atoms with van der Waals surface area (Å²) in [5.74, 6) is 0.349. The molecule has 140 valence electrons. The lowest BCUT2D eigenvalue weighted by atomic mass is 10.1. The van der Waals surface area contributed by atoms with Crippen molar-refractivity contribution in [3.05, 3.63) is 100 Å². The maximum Gasteiger partial charge on any atom is 0.257 e. The van der Waals surface area contributed by atoms with E-state index in [4.69, 9.17) is 21.6 Å². The SMILES string of the molecule is CN(Cc1cccc(C#N)c1)C(=O)c1ccccc1OCc1ccccc1Cl. The van der Waals surface area contributed by atoms with Crippen molar-refractivity contribution in [1.82, 2.24) is 4.90 Å². The van der Waals surface area contributed by atoms with Crippen LogP contribution < -0.4 is 4.74 Å². The number of nitriles is 1. The lowest BCUT2D eigenvalue weighted by Gasteiger charge is -2.19. The molecule has 4 nitrogen and oxygen atoms in total. The Hall–Kier alpha value is -3.29. The van der Waals surface area contributed by atoms with Crippen LogP contribution in [0, 0.1) is 11.3 Å². The maximum atomic E-state index is 13.0. The smallest absolute Gasteiger partial charge is 0.257 e. The zero-order valence-electron chi connectivity index (χ0n) is 15.4. The fraction of sp³-hybridized carbons (Fsp3) is 0.130. The summed E-state index contributed by atoms with van der Waals surface area (Å²) in [5.41, 5.74) is 2.80. The molecule has 0 heterocycles. The zero-order chi connectivity index (χ0) is 19.9. The average molecular weight is 391 g/mol. The molecule has 1 amide bonds. The largest absolute Gasteiger partial charge is 0.488 e. The highest BCUT2D eigenvalue weighted by Crippen LogP contribution is 2.23. The topological polar surface area (TPSA) is 53.3 Å². The Morgan fingerprint density at radius 3 is 2.61 bits per heavy atom. The number of carbonyl (C=O) groups is 1. The van der Waals surface area contributed by atoms with E-state index in [9.17, 15) is 4.79 Å². The summed E-state index contributed by atoms with van der Waals surface area (Å²) in [5, 5.41) is 9.66.